The molecule has 1 aliphatic rings. The Morgan fingerprint density at radius 2 is 2.00 bits per heavy atom. The van der Waals surface area contributed by atoms with Crippen LogP contribution in [0.4, 0.5) is 0 Å². The van der Waals surface area contributed by atoms with E-state index in [0.29, 0.717) is 6.10 Å². The highest BCUT2D eigenvalue weighted by Gasteiger charge is 2.25. The lowest BCUT2D eigenvalue weighted by atomic mass is 9.84. The highest BCUT2D eigenvalue weighted by molar-refractivity contribution is 4.82. The first-order valence-corrected chi connectivity index (χ1v) is 7.67. The average Bonchev–Trinajstić information content (AvgIpc) is 2.31. The van der Waals surface area contributed by atoms with E-state index in [-0.39, 0.29) is 0 Å². The molecule has 0 heterocycles. The minimum Gasteiger partial charge on any atom is -0.377 e. The average molecular weight is 256 g/mol. The molecule has 0 bridgehead atoms. The Balaban J connectivity index is 2.25. The molecule has 0 radical (unpaired) electrons. The standard InChI is InChI=1S/C15H32N2O/c1-5-16-15-9-7-6-8-14(15)12-17(4)10-11-18-13(2)3/h13-16H,5-12H2,1-4H3. The molecular formula is C15H32N2O. The van der Waals surface area contributed by atoms with Gasteiger partial charge in [0.05, 0.1) is 12.7 Å². The second kappa shape index (κ2) is 8.89. The van der Waals surface area contributed by atoms with Gasteiger partial charge in [-0.1, -0.05) is 19.8 Å². The van der Waals surface area contributed by atoms with E-state index in [0.717, 1.165) is 31.7 Å². The van der Waals surface area contributed by atoms with Gasteiger partial charge in [-0.2, -0.15) is 0 Å². The lowest BCUT2D eigenvalue weighted by Crippen LogP contribution is -2.44. The Labute approximate surface area is 113 Å². The van der Waals surface area contributed by atoms with Gasteiger partial charge in [-0.25, -0.2) is 0 Å². The summed E-state index contributed by atoms with van der Waals surface area (Å²) in [5, 5.41) is 3.66. The van der Waals surface area contributed by atoms with Crippen LogP contribution in [0.25, 0.3) is 0 Å². The van der Waals surface area contributed by atoms with Crippen LogP contribution in [0.15, 0.2) is 0 Å². The molecule has 0 amide bonds. The fraction of sp³-hybridized carbons (Fsp3) is 1.00. The molecule has 2 unspecified atom stereocenters. The zero-order valence-corrected chi connectivity index (χ0v) is 12.7. The maximum Gasteiger partial charge on any atom is 0.0596 e. The molecule has 1 fully saturated rings. The largest absolute Gasteiger partial charge is 0.377 e. The van der Waals surface area contributed by atoms with Gasteiger partial charge in [-0.15, -0.1) is 0 Å². The number of hydrogen-bond acceptors (Lipinski definition) is 3. The van der Waals surface area contributed by atoms with E-state index in [1.165, 1.54) is 32.2 Å². The smallest absolute Gasteiger partial charge is 0.0596 e. The number of nitrogens with zero attached hydrogens (tertiary/aromatic N) is 1. The molecule has 1 rings (SSSR count). The van der Waals surface area contributed by atoms with Gasteiger partial charge >= 0.3 is 0 Å². The third-order valence-electron chi connectivity index (χ3n) is 3.85. The molecule has 1 aliphatic carbocycles. The molecule has 3 heteroatoms. The highest BCUT2D eigenvalue weighted by Crippen LogP contribution is 2.24. The van der Waals surface area contributed by atoms with Crippen molar-refractivity contribution in [3.63, 3.8) is 0 Å². The Hall–Kier alpha value is -0.120. The predicted octanol–water partition coefficient (Wildman–Crippen LogP) is 2.51. The maximum atomic E-state index is 5.62. The summed E-state index contributed by atoms with van der Waals surface area (Å²) in [7, 11) is 2.22. The summed E-state index contributed by atoms with van der Waals surface area (Å²) in [6.07, 6.45) is 5.89. The fourth-order valence-electron chi connectivity index (χ4n) is 2.89. The number of nitrogens with one attached hydrogen (secondary N) is 1. The summed E-state index contributed by atoms with van der Waals surface area (Å²) in [6, 6.07) is 0.734. The zero-order valence-electron chi connectivity index (χ0n) is 12.7. The monoisotopic (exact) mass is 256 g/mol. The Bertz CT molecular complexity index is 207. The minimum atomic E-state index is 0.350. The number of rotatable bonds is 8. The quantitative estimate of drug-likeness (QED) is 0.722. The number of hydrogen-bond donors (Lipinski definition) is 1. The second-order valence-corrected chi connectivity index (χ2v) is 5.89. The molecule has 0 aromatic carbocycles. The van der Waals surface area contributed by atoms with E-state index in [4.69, 9.17) is 4.74 Å². The van der Waals surface area contributed by atoms with Crippen LogP contribution in [0.2, 0.25) is 0 Å². The van der Waals surface area contributed by atoms with Crippen molar-refractivity contribution in [1.82, 2.24) is 10.2 Å². The van der Waals surface area contributed by atoms with E-state index in [1.54, 1.807) is 0 Å². The van der Waals surface area contributed by atoms with Crippen LogP contribution in [0.5, 0.6) is 0 Å². The van der Waals surface area contributed by atoms with Crippen molar-refractivity contribution in [2.75, 3.05) is 33.3 Å². The van der Waals surface area contributed by atoms with Crippen LogP contribution >= 0.6 is 0 Å². The summed E-state index contributed by atoms with van der Waals surface area (Å²) in [4.78, 5) is 2.43. The summed E-state index contributed by atoms with van der Waals surface area (Å²) in [5.41, 5.74) is 0. The summed E-state index contributed by atoms with van der Waals surface area (Å²) in [5.74, 6) is 0.822. The molecule has 0 saturated heterocycles. The van der Waals surface area contributed by atoms with Gasteiger partial charge in [0.1, 0.15) is 0 Å². The molecule has 1 saturated carbocycles. The first kappa shape index (κ1) is 15.9. The molecule has 0 spiro atoms. The van der Waals surface area contributed by atoms with E-state index in [2.05, 4.69) is 38.0 Å². The van der Waals surface area contributed by atoms with Crippen LogP contribution in [0, 0.1) is 5.92 Å². The SMILES string of the molecule is CCNC1CCCCC1CN(C)CCOC(C)C. The summed E-state index contributed by atoms with van der Waals surface area (Å²) in [6.45, 7) is 10.6. The third kappa shape index (κ3) is 6.17. The molecule has 0 aliphatic heterocycles. The van der Waals surface area contributed by atoms with Gasteiger partial charge in [-0.05, 0) is 46.2 Å². The Morgan fingerprint density at radius 1 is 1.28 bits per heavy atom. The van der Waals surface area contributed by atoms with Crippen molar-refractivity contribution >= 4 is 0 Å². The van der Waals surface area contributed by atoms with Crippen LogP contribution in [0.1, 0.15) is 46.5 Å². The Morgan fingerprint density at radius 3 is 2.67 bits per heavy atom. The molecular weight excluding hydrogens is 224 g/mol. The zero-order chi connectivity index (χ0) is 13.4. The van der Waals surface area contributed by atoms with Gasteiger partial charge in [0, 0.05) is 19.1 Å². The predicted molar refractivity (Wildman–Crippen MR) is 78.0 cm³/mol. The first-order valence-electron chi connectivity index (χ1n) is 7.67. The van der Waals surface area contributed by atoms with Gasteiger partial charge in [-0.3, -0.25) is 0 Å². The van der Waals surface area contributed by atoms with Crippen LogP contribution in [0.3, 0.4) is 0 Å². The van der Waals surface area contributed by atoms with Gasteiger partial charge < -0.3 is 15.0 Å². The topological polar surface area (TPSA) is 24.5 Å². The van der Waals surface area contributed by atoms with Crippen molar-refractivity contribution in [1.29, 1.82) is 0 Å². The first-order chi connectivity index (χ1) is 8.63. The second-order valence-electron chi connectivity index (χ2n) is 5.89. The van der Waals surface area contributed by atoms with Crippen LogP contribution in [-0.2, 0) is 4.74 Å². The van der Waals surface area contributed by atoms with Crippen molar-refractivity contribution in [3.8, 4) is 0 Å². The number of ether oxygens (including phenoxy) is 1. The Kier molecular flexibility index (Phi) is 7.87. The van der Waals surface area contributed by atoms with E-state index in [1.807, 2.05) is 0 Å². The van der Waals surface area contributed by atoms with E-state index >= 15 is 0 Å². The van der Waals surface area contributed by atoms with Crippen LogP contribution < -0.4 is 5.32 Å². The normalized spacial score (nSPS) is 25.0. The molecule has 18 heavy (non-hydrogen) atoms. The number of likely N-dealkylation sites (N-methyl/N-ethyl adjacent to an activating group) is 1. The molecule has 3 nitrogen and oxygen atoms in total. The minimum absolute atomic E-state index is 0.350. The van der Waals surface area contributed by atoms with Gasteiger partial charge in [0.15, 0.2) is 0 Å². The molecule has 108 valence electrons. The van der Waals surface area contributed by atoms with Gasteiger partial charge in [0.2, 0.25) is 0 Å². The molecule has 0 aromatic rings. The van der Waals surface area contributed by atoms with E-state index < -0.39 is 0 Å². The molecule has 0 aromatic heterocycles. The summed E-state index contributed by atoms with van der Waals surface area (Å²) < 4.78 is 5.62. The fourth-order valence-corrected chi connectivity index (χ4v) is 2.89. The lowest BCUT2D eigenvalue weighted by molar-refractivity contribution is 0.0582. The van der Waals surface area contributed by atoms with E-state index in [9.17, 15) is 0 Å². The summed E-state index contributed by atoms with van der Waals surface area (Å²) >= 11 is 0. The van der Waals surface area contributed by atoms with Gasteiger partial charge in [0.25, 0.3) is 0 Å². The molecule has 2 atom stereocenters. The van der Waals surface area contributed by atoms with Crippen molar-refractivity contribution in [3.05, 3.63) is 0 Å². The van der Waals surface area contributed by atoms with Crippen molar-refractivity contribution in [2.24, 2.45) is 5.92 Å². The highest BCUT2D eigenvalue weighted by atomic mass is 16.5. The lowest BCUT2D eigenvalue weighted by Gasteiger charge is -2.34. The van der Waals surface area contributed by atoms with Crippen molar-refractivity contribution in [2.45, 2.75) is 58.6 Å². The maximum absolute atomic E-state index is 5.62. The van der Waals surface area contributed by atoms with Crippen molar-refractivity contribution < 1.29 is 4.74 Å². The van der Waals surface area contributed by atoms with Crippen LogP contribution in [-0.4, -0.2) is 50.3 Å². The molecule has 1 N–H and O–H groups in total. The third-order valence-corrected chi connectivity index (χ3v) is 3.85.